The molecule has 15 heavy (non-hydrogen) atoms. The second-order valence-electron chi connectivity index (χ2n) is 5.18. The summed E-state index contributed by atoms with van der Waals surface area (Å²) in [4.78, 5) is 2.24. The van der Waals surface area contributed by atoms with Crippen molar-refractivity contribution in [2.24, 2.45) is 5.41 Å². The van der Waals surface area contributed by atoms with Gasteiger partial charge < -0.3 is 4.90 Å². The van der Waals surface area contributed by atoms with Crippen LogP contribution in [0.3, 0.4) is 0 Å². The van der Waals surface area contributed by atoms with Gasteiger partial charge >= 0.3 is 0 Å². The minimum atomic E-state index is 0.104. The van der Waals surface area contributed by atoms with Gasteiger partial charge in [0.15, 0.2) is 0 Å². The average molecular weight is 205 g/mol. The molecule has 0 saturated heterocycles. The zero-order valence-corrected chi connectivity index (χ0v) is 10.9. The normalized spacial score (nSPS) is 27.4. The van der Waals surface area contributed by atoms with Crippen LogP contribution in [0, 0.1) is 5.41 Å². The number of rotatable bonds is 2. The lowest BCUT2D eigenvalue weighted by Crippen LogP contribution is -2.35. The molecule has 0 fully saturated rings. The Balaban J connectivity index is 3.18. The topological polar surface area (TPSA) is 3.24 Å². The molecular formula is C14H23N. The molecule has 1 atom stereocenters. The summed E-state index contributed by atoms with van der Waals surface area (Å²) in [5.74, 6) is 0. The van der Waals surface area contributed by atoms with Gasteiger partial charge in [-0.3, -0.25) is 0 Å². The van der Waals surface area contributed by atoms with Crippen LogP contribution in [0.1, 0.15) is 27.7 Å². The molecule has 0 N–H and O–H groups in total. The molecule has 1 heteroatoms. The zero-order valence-electron chi connectivity index (χ0n) is 10.9. The number of allylic oxidation sites excluding steroid dienone is 3. The quantitative estimate of drug-likeness (QED) is 0.668. The third-order valence-corrected chi connectivity index (χ3v) is 3.63. The molecule has 1 nitrogen and oxygen atoms in total. The van der Waals surface area contributed by atoms with Crippen molar-refractivity contribution >= 4 is 0 Å². The molecule has 1 aliphatic carbocycles. The van der Waals surface area contributed by atoms with E-state index in [1.165, 1.54) is 22.3 Å². The van der Waals surface area contributed by atoms with Crippen molar-refractivity contribution in [1.82, 2.24) is 4.90 Å². The van der Waals surface area contributed by atoms with Crippen LogP contribution in [-0.2, 0) is 0 Å². The average Bonchev–Trinajstić information content (AvgIpc) is 2.11. The maximum Gasteiger partial charge on any atom is 0.0260 e. The summed E-state index contributed by atoms with van der Waals surface area (Å²) >= 11 is 0. The highest BCUT2D eigenvalue weighted by Gasteiger charge is 2.34. The summed E-state index contributed by atoms with van der Waals surface area (Å²) in [6, 6.07) is 0. The van der Waals surface area contributed by atoms with Gasteiger partial charge in [-0.05, 0) is 46.0 Å². The fraction of sp³-hybridized carbons (Fsp3) is 0.571. The van der Waals surface area contributed by atoms with Crippen LogP contribution in [0.25, 0.3) is 0 Å². The van der Waals surface area contributed by atoms with Crippen molar-refractivity contribution in [3.05, 3.63) is 34.9 Å². The molecule has 0 aromatic carbocycles. The molecular weight excluding hydrogens is 182 g/mol. The van der Waals surface area contributed by atoms with E-state index in [0.29, 0.717) is 0 Å². The molecule has 84 valence electrons. The predicted octanol–water partition coefficient (Wildman–Crippen LogP) is 3.41. The van der Waals surface area contributed by atoms with E-state index in [2.05, 4.69) is 59.3 Å². The third-order valence-electron chi connectivity index (χ3n) is 3.63. The molecule has 1 unspecified atom stereocenters. The van der Waals surface area contributed by atoms with Gasteiger partial charge in [0.2, 0.25) is 0 Å². The second-order valence-corrected chi connectivity index (χ2v) is 5.18. The van der Waals surface area contributed by atoms with Gasteiger partial charge in [0.05, 0.1) is 0 Å². The first-order valence-corrected chi connectivity index (χ1v) is 5.50. The van der Waals surface area contributed by atoms with Crippen molar-refractivity contribution in [1.29, 1.82) is 0 Å². The van der Waals surface area contributed by atoms with Crippen molar-refractivity contribution in [2.45, 2.75) is 27.7 Å². The summed E-state index contributed by atoms with van der Waals surface area (Å²) in [5, 5.41) is 0. The summed E-state index contributed by atoms with van der Waals surface area (Å²) in [5.41, 5.74) is 5.53. The minimum absolute atomic E-state index is 0.104. The van der Waals surface area contributed by atoms with E-state index in [4.69, 9.17) is 0 Å². The summed E-state index contributed by atoms with van der Waals surface area (Å²) in [6.45, 7) is 14.2. The van der Waals surface area contributed by atoms with Crippen LogP contribution in [0.15, 0.2) is 34.9 Å². The Hall–Kier alpha value is -0.820. The standard InChI is InChI=1S/C14H23N/c1-10-8-11(2)13(4)14(5,12(10)3)9-15(6)7/h8H,3,9H2,1-2,4-7H3. The highest BCUT2D eigenvalue weighted by Crippen LogP contribution is 2.43. The van der Waals surface area contributed by atoms with Crippen LogP contribution < -0.4 is 0 Å². The van der Waals surface area contributed by atoms with Gasteiger partial charge in [-0.15, -0.1) is 0 Å². The van der Waals surface area contributed by atoms with Gasteiger partial charge in [0, 0.05) is 12.0 Å². The molecule has 0 saturated carbocycles. The largest absolute Gasteiger partial charge is 0.308 e. The van der Waals surface area contributed by atoms with Crippen molar-refractivity contribution in [3.8, 4) is 0 Å². The highest BCUT2D eigenvalue weighted by atomic mass is 15.1. The Kier molecular flexibility index (Phi) is 3.25. The summed E-state index contributed by atoms with van der Waals surface area (Å²) in [6.07, 6.45) is 2.25. The Morgan fingerprint density at radius 1 is 1.27 bits per heavy atom. The van der Waals surface area contributed by atoms with E-state index in [-0.39, 0.29) is 5.41 Å². The first-order chi connectivity index (χ1) is 6.79. The molecule has 0 aliphatic heterocycles. The van der Waals surface area contributed by atoms with Crippen LogP contribution in [-0.4, -0.2) is 25.5 Å². The maximum atomic E-state index is 4.26. The number of hydrogen-bond donors (Lipinski definition) is 0. The highest BCUT2D eigenvalue weighted by molar-refractivity contribution is 5.50. The predicted molar refractivity (Wildman–Crippen MR) is 67.9 cm³/mol. The zero-order chi connectivity index (χ0) is 11.8. The lowest BCUT2D eigenvalue weighted by atomic mass is 9.69. The van der Waals surface area contributed by atoms with Gasteiger partial charge in [0.1, 0.15) is 0 Å². The van der Waals surface area contributed by atoms with E-state index < -0.39 is 0 Å². The molecule has 0 spiro atoms. The fourth-order valence-electron chi connectivity index (χ4n) is 2.46. The Morgan fingerprint density at radius 3 is 2.27 bits per heavy atom. The molecule has 0 aromatic rings. The van der Waals surface area contributed by atoms with E-state index in [9.17, 15) is 0 Å². The van der Waals surface area contributed by atoms with Crippen molar-refractivity contribution in [3.63, 3.8) is 0 Å². The van der Waals surface area contributed by atoms with Gasteiger partial charge in [0.25, 0.3) is 0 Å². The Bertz CT molecular complexity index is 344. The van der Waals surface area contributed by atoms with Crippen molar-refractivity contribution < 1.29 is 0 Å². The van der Waals surface area contributed by atoms with Gasteiger partial charge in [-0.25, -0.2) is 0 Å². The molecule has 0 heterocycles. The number of nitrogens with zero attached hydrogens (tertiary/aromatic N) is 1. The van der Waals surface area contributed by atoms with E-state index in [1.54, 1.807) is 0 Å². The number of hydrogen-bond acceptors (Lipinski definition) is 1. The molecule has 1 aliphatic rings. The minimum Gasteiger partial charge on any atom is -0.308 e. The van der Waals surface area contributed by atoms with E-state index in [1.807, 2.05) is 0 Å². The van der Waals surface area contributed by atoms with E-state index >= 15 is 0 Å². The smallest absolute Gasteiger partial charge is 0.0260 e. The lowest BCUT2D eigenvalue weighted by Gasteiger charge is -2.39. The summed E-state index contributed by atoms with van der Waals surface area (Å²) in [7, 11) is 4.24. The Morgan fingerprint density at radius 2 is 1.80 bits per heavy atom. The third kappa shape index (κ3) is 2.07. The first kappa shape index (κ1) is 12.3. The van der Waals surface area contributed by atoms with Crippen LogP contribution in [0.4, 0.5) is 0 Å². The molecule has 0 aromatic heterocycles. The van der Waals surface area contributed by atoms with Crippen LogP contribution in [0.5, 0.6) is 0 Å². The fourth-order valence-corrected chi connectivity index (χ4v) is 2.46. The Labute approximate surface area is 94.2 Å². The SMILES string of the molecule is C=C1C(C)=CC(C)=C(C)C1(C)CN(C)C. The molecule has 0 bridgehead atoms. The van der Waals surface area contributed by atoms with E-state index in [0.717, 1.165) is 6.54 Å². The molecule has 1 rings (SSSR count). The lowest BCUT2D eigenvalue weighted by molar-refractivity contribution is 0.295. The molecule has 0 radical (unpaired) electrons. The maximum absolute atomic E-state index is 4.26. The second kappa shape index (κ2) is 3.97. The monoisotopic (exact) mass is 205 g/mol. The first-order valence-electron chi connectivity index (χ1n) is 5.50. The van der Waals surface area contributed by atoms with Crippen molar-refractivity contribution in [2.75, 3.05) is 20.6 Å². The van der Waals surface area contributed by atoms with Gasteiger partial charge in [-0.1, -0.05) is 30.7 Å². The molecule has 0 amide bonds. The summed E-state index contributed by atoms with van der Waals surface area (Å²) < 4.78 is 0. The van der Waals surface area contributed by atoms with Gasteiger partial charge in [-0.2, -0.15) is 0 Å². The van der Waals surface area contributed by atoms with Crippen LogP contribution >= 0.6 is 0 Å². The van der Waals surface area contributed by atoms with Crippen LogP contribution in [0.2, 0.25) is 0 Å².